The molecule has 0 saturated heterocycles. The standard InChI is InChI=1S/C22H27N3O3/c1-23(2)20(26)17-7-5-16(6-8-17)15-24-13-14-25-18(21(27)28)9-10-19(25)22(24)11-3-4-12-22/h5-10H,3-4,11-15H2,1-2H3,(H,27,28). The fraction of sp³-hybridized carbons (Fsp3) is 0.455. The van der Waals surface area contributed by atoms with E-state index in [1.165, 1.54) is 18.4 Å². The first kappa shape index (κ1) is 18.7. The molecule has 28 heavy (non-hydrogen) atoms. The minimum Gasteiger partial charge on any atom is -0.477 e. The predicted octanol–water partition coefficient (Wildman–Crippen LogP) is 3.17. The molecule has 148 valence electrons. The molecule has 2 heterocycles. The topological polar surface area (TPSA) is 65.8 Å². The highest BCUT2D eigenvalue weighted by atomic mass is 16.4. The van der Waals surface area contributed by atoms with Crippen LogP contribution in [0.2, 0.25) is 0 Å². The molecule has 1 aliphatic carbocycles. The van der Waals surface area contributed by atoms with Gasteiger partial charge in [-0.15, -0.1) is 0 Å². The van der Waals surface area contributed by atoms with Crippen LogP contribution in [0, 0.1) is 0 Å². The number of carboxylic acids is 1. The molecule has 0 unspecified atom stereocenters. The smallest absolute Gasteiger partial charge is 0.352 e. The Bertz CT molecular complexity index is 892. The summed E-state index contributed by atoms with van der Waals surface area (Å²) >= 11 is 0. The molecule has 1 aliphatic heterocycles. The van der Waals surface area contributed by atoms with Crippen molar-refractivity contribution in [3.63, 3.8) is 0 Å². The molecule has 0 radical (unpaired) electrons. The Balaban J connectivity index is 1.61. The van der Waals surface area contributed by atoms with Crippen LogP contribution in [-0.4, -0.2) is 52.0 Å². The van der Waals surface area contributed by atoms with Crippen LogP contribution < -0.4 is 0 Å². The third-order valence-electron chi connectivity index (χ3n) is 6.29. The summed E-state index contributed by atoms with van der Waals surface area (Å²) in [6.07, 6.45) is 4.46. The van der Waals surface area contributed by atoms with Gasteiger partial charge in [0.15, 0.2) is 0 Å². The van der Waals surface area contributed by atoms with E-state index in [0.29, 0.717) is 17.8 Å². The normalized spacial score (nSPS) is 18.2. The first-order valence-electron chi connectivity index (χ1n) is 9.91. The molecular formula is C22H27N3O3. The zero-order valence-corrected chi connectivity index (χ0v) is 16.5. The molecule has 1 aromatic carbocycles. The van der Waals surface area contributed by atoms with Crippen LogP contribution in [0.4, 0.5) is 0 Å². The van der Waals surface area contributed by atoms with Gasteiger partial charge in [-0.25, -0.2) is 4.79 Å². The molecule has 6 nitrogen and oxygen atoms in total. The van der Waals surface area contributed by atoms with Crippen molar-refractivity contribution in [2.75, 3.05) is 20.6 Å². The number of amides is 1. The summed E-state index contributed by atoms with van der Waals surface area (Å²) in [6, 6.07) is 11.6. The minimum atomic E-state index is -0.853. The Kier molecular flexibility index (Phi) is 4.75. The molecule has 1 fully saturated rings. The van der Waals surface area contributed by atoms with Crippen molar-refractivity contribution in [1.29, 1.82) is 0 Å². The zero-order chi connectivity index (χ0) is 19.9. The van der Waals surface area contributed by atoms with Gasteiger partial charge in [0.2, 0.25) is 0 Å². The second-order valence-electron chi connectivity index (χ2n) is 8.12. The van der Waals surface area contributed by atoms with Gasteiger partial charge < -0.3 is 14.6 Å². The van der Waals surface area contributed by atoms with Crippen molar-refractivity contribution in [3.05, 3.63) is 58.9 Å². The van der Waals surface area contributed by atoms with Gasteiger partial charge in [0.1, 0.15) is 5.69 Å². The van der Waals surface area contributed by atoms with E-state index in [2.05, 4.69) is 4.90 Å². The molecule has 1 spiro atoms. The molecule has 0 bridgehead atoms. The Morgan fingerprint density at radius 3 is 2.32 bits per heavy atom. The second-order valence-corrected chi connectivity index (χ2v) is 8.12. The predicted molar refractivity (Wildman–Crippen MR) is 106 cm³/mol. The number of benzene rings is 1. The Morgan fingerprint density at radius 2 is 1.71 bits per heavy atom. The summed E-state index contributed by atoms with van der Waals surface area (Å²) < 4.78 is 2.00. The SMILES string of the molecule is CN(C)C(=O)c1ccc(CN2CCn3c(C(=O)O)ccc3C23CCCC3)cc1. The average molecular weight is 381 g/mol. The molecule has 0 atom stereocenters. The van der Waals surface area contributed by atoms with Crippen LogP contribution in [0.1, 0.15) is 57.8 Å². The Hall–Kier alpha value is -2.60. The molecule has 2 aliphatic rings. The maximum atomic E-state index is 12.1. The van der Waals surface area contributed by atoms with Gasteiger partial charge in [-0.3, -0.25) is 9.69 Å². The van der Waals surface area contributed by atoms with Crippen LogP contribution in [0.15, 0.2) is 36.4 Å². The van der Waals surface area contributed by atoms with Gasteiger partial charge in [0.25, 0.3) is 5.91 Å². The highest BCUT2D eigenvalue weighted by Crippen LogP contribution is 2.47. The number of hydrogen-bond donors (Lipinski definition) is 1. The highest BCUT2D eigenvalue weighted by molar-refractivity contribution is 5.93. The van der Waals surface area contributed by atoms with Crippen LogP contribution in [-0.2, 0) is 18.6 Å². The number of aromatic nitrogens is 1. The summed E-state index contributed by atoms with van der Waals surface area (Å²) in [5.74, 6) is -0.843. The number of rotatable bonds is 4. The van der Waals surface area contributed by atoms with E-state index in [9.17, 15) is 14.7 Å². The third-order valence-corrected chi connectivity index (χ3v) is 6.29. The summed E-state index contributed by atoms with van der Waals surface area (Å²) in [7, 11) is 3.52. The summed E-state index contributed by atoms with van der Waals surface area (Å²) in [5.41, 5.74) is 3.34. The van der Waals surface area contributed by atoms with Crippen LogP contribution in [0.25, 0.3) is 0 Å². The fourth-order valence-electron chi connectivity index (χ4n) is 4.89. The van der Waals surface area contributed by atoms with E-state index in [1.807, 2.05) is 34.9 Å². The maximum absolute atomic E-state index is 12.1. The first-order valence-corrected chi connectivity index (χ1v) is 9.91. The number of hydrogen-bond acceptors (Lipinski definition) is 3. The minimum absolute atomic E-state index is 0.0100. The summed E-state index contributed by atoms with van der Waals surface area (Å²) in [5, 5.41) is 9.51. The molecule has 6 heteroatoms. The van der Waals surface area contributed by atoms with Gasteiger partial charge in [-0.05, 0) is 42.7 Å². The number of fused-ring (bicyclic) bond motifs is 2. The lowest BCUT2D eigenvalue weighted by Gasteiger charge is -2.46. The average Bonchev–Trinajstić information content (AvgIpc) is 3.32. The van der Waals surface area contributed by atoms with E-state index < -0.39 is 5.97 Å². The molecule has 2 aromatic rings. The third kappa shape index (κ3) is 3.02. The number of nitrogens with zero attached hydrogens (tertiary/aromatic N) is 3. The maximum Gasteiger partial charge on any atom is 0.352 e. The van der Waals surface area contributed by atoms with Crippen LogP contribution >= 0.6 is 0 Å². The first-order chi connectivity index (χ1) is 13.4. The fourth-order valence-corrected chi connectivity index (χ4v) is 4.89. The molecular weight excluding hydrogens is 354 g/mol. The van der Waals surface area contributed by atoms with Gasteiger partial charge in [-0.1, -0.05) is 25.0 Å². The number of carbonyl (C=O) groups excluding carboxylic acids is 1. The highest BCUT2D eigenvalue weighted by Gasteiger charge is 2.45. The van der Waals surface area contributed by atoms with E-state index >= 15 is 0 Å². The van der Waals surface area contributed by atoms with Crippen molar-refractivity contribution in [1.82, 2.24) is 14.4 Å². The monoisotopic (exact) mass is 381 g/mol. The van der Waals surface area contributed by atoms with E-state index in [4.69, 9.17) is 0 Å². The lowest BCUT2D eigenvalue weighted by Crippen LogP contribution is -2.50. The summed E-state index contributed by atoms with van der Waals surface area (Å²) in [4.78, 5) is 27.8. The van der Waals surface area contributed by atoms with Crippen molar-refractivity contribution >= 4 is 11.9 Å². The lowest BCUT2D eigenvalue weighted by atomic mass is 9.88. The van der Waals surface area contributed by atoms with Gasteiger partial charge in [-0.2, -0.15) is 0 Å². The van der Waals surface area contributed by atoms with E-state index in [0.717, 1.165) is 31.6 Å². The van der Waals surface area contributed by atoms with Crippen molar-refractivity contribution in [3.8, 4) is 0 Å². The molecule has 1 aromatic heterocycles. The second kappa shape index (κ2) is 7.09. The number of carbonyl (C=O) groups is 2. The zero-order valence-electron chi connectivity index (χ0n) is 16.5. The summed E-state index contributed by atoms with van der Waals surface area (Å²) in [6.45, 7) is 2.34. The molecule has 4 rings (SSSR count). The van der Waals surface area contributed by atoms with Crippen LogP contribution in [0.5, 0.6) is 0 Å². The van der Waals surface area contributed by atoms with Crippen molar-refractivity contribution in [2.45, 2.75) is 44.3 Å². The quantitative estimate of drug-likeness (QED) is 0.883. The molecule has 1 saturated carbocycles. The number of aromatic carboxylic acids is 1. The Labute approximate surface area is 165 Å². The number of carboxylic acid groups (broad SMARTS) is 1. The largest absolute Gasteiger partial charge is 0.477 e. The van der Waals surface area contributed by atoms with E-state index in [1.54, 1.807) is 25.1 Å². The molecule has 1 amide bonds. The Morgan fingerprint density at radius 1 is 1.04 bits per heavy atom. The van der Waals surface area contributed by atoms with Crippen molar-refractivity contribution < 1.29 is 14.7 Å². The van der Waals surface area contributed by atoms with Gasteiger partial charge in [0, 0.05) is 45.0 Å². The van der Waals surface area contributed by atoms with Gasteiger partial charge >= 0.3 is 5.97 Å². The molecule has 1 N–H and O–H groups in total. The van der Waals surface area contributed by atoms with Crippen LogP contribution in [0.3, 0.4) is 0 Å². The van der Waals surface area contributed by atoms with Gasteiger partial charge in [0.05, 0.1) is 5.54 Å². The lowest BCUT2D eigenvalue weighted by molar-refractivity contribution is 0.0452. The van der Waals surface area contributed by atoms with E-state index in [-0.39, 0.29) is 11.4 Å². The van der Waals surface area contributed by atoms with Crippen molar-refractivity contribution in [2.24, 2.45) is 0 Å².